The van der Waals surface area contributed by atoms with E-state index in [0.717, 1.165) is 5.56 Å². The number of fused-ring (bicyclic) bond motifs is 1. The number of hydrogen-bond acceptors (Lipinski definition) is 6. The quantitative estimate of drug-likeness (QED) is 0.648. The number of para-hydroxylation sites is 1. The van der Waals surface area contributed by atoms with Crippen LogP contribution in [0.25, 0.3) is 0 Å². The standard InChI is InChI=1S/C22H27FN4O3/c1-4-30-22(29)16-8-9-24-18(12-16)14-26-13-17-6-5-7-19(23)21(17)27(20(28)15-26)11-10-25(2)3/h5-9,12H,4,10-11,13-15H2,1-3H3. The van der Waals surface area contributed by atoms with Crippen LogP contribution in [-0.4, -0.2) is 67.0 Å². The van der Waals surface area contributed by atoms with E-state index in [4.69, 9.17) is 4.74 Å². The first-order chi connectivity index (χ1) is 14.4. The second kappa shape index (κ2) is 9.77. The summed E-state index contributed by atoms with van der Waals surface area (Å²) in [4.78, 5) is 34.7. The van der Waals surface area contributed by atoms with Gasteiger partial charge < -0.3 is 14.5 Å². The first-order valence-corrected chi connectivity index (χ1v) is 9.96. The fraction of sp³-hybridized carbons (Fsp3) is 0.409. The van der Waals surface area contributed by atoms with E-state index in [1.807, 2.05) is 30.0 Å². The zero-order chi connectivity index (χ0) is 21.7. The number of ether oxygens (including phenoxy) is 1. The number of carbonyl (C=O) groups is 2. The van der Waals surface area contributed by atoms with Crippen molar-refractivity contribution in [1.29, 1.82) is 0 Å². The van der Waals surface area contributed by atoms with E-state index in [-0.39, 0.29) is 12.5 Å². The molecule has 8 heteroatoms. The summed E-state index contributed by atoms with van der Waals surface area (Å²) in [5.74, 6) is -0.971. The minimum Gasteiger partial charge on any atom is -0.462 e. The number of halogens is 1. The van der Waals surface area contributed by atoms with E-state index in [1.165, 1.54) is 11.0 Å². The highest BCUT2D eigenvalue weighted by molar-refractivity contribution is 5.96. The Hall–Kier alpha value is -2.84. The summed E-state index contributed by atoms with van der Waals surface area (Å²) in [5.41, 5.74) is 2.16. The summed E-state index contributed by atoms with van der Waals surface area (Å²) >= 11 is 0. The SMILES string of the molecule is CCOC(=O)c1ccnc(CN2CC(=O)N(CCN(C)C)c3c(F)cccc3C2)c1. The lowest BCUT2D eigenvalue weighted by atomic mass is 10.1. The van der Waals surface area contributed by atoms with Crippen LogP contribution in [0.3, 0.4) is 0 Å². The highest BCUT2D eigenvalue weighted by Crippen LogP contribution is 2.29. The molecule has 1 aliphatic heterocycles. The molecule has 0 saturated heterocycles. The number of aromatic nitrogens is 1. The molecule has 0 bridgehead atoms. The van der Waals surface area contributed by atoms with Gasteiger partial charge >= 0.3 is 5.97 Å². The molecule has 0 radical (unpaired) electrons. The van der Waals surface area contributed by atoms with Gasteiger partial charge in [-0.15, -0.1) is 0 Å². The number of benzene rings is 1. The first kappa shape index (κ1) is 21.9. The van der Waals surface area contributed by atoms with E-state index in [0.29, 0.717) is 49.7 Å². The third kappa shape index (κ3) is 5.20. The molecule has 0 spiro atoms. The zero-order valence-electron chi connectivity index (χ0n) is 17.6. The van der Waals surface area contributed by atoms with E-state index < -0.39 is 11.8 Å². The van der Waals surface area contributed by atoms with Gasteiger partial charge in [-0.1, -0.05) is 12.1 Å². The number of rotatable bonds is 7. The number of hydrogen-bond donors (Lipinski definition) is 0. The van der Waals surface area contributed by atoms with Gasteiger partial charge in [0.15, 0.2) is 0 Å². The fourth-order valence-corrected chi connectivity index (χ4v) is 3.47. The lowest BCUT2D eigenvalue weighted by Crippen LogP contribution is -2.41. The topological polar surface area (TPSA) is 66.0 Å². The van der Waals surface area contributed by atoms with Crippen molar-refractivity contribution >= 4 is 17.6 Å². The summed E-state index contributed by atoms with van der Waals surface area (Å²) in [5, 5.41) is 0. The van der Waals surface area contributed by atoms with E-state index in [9.17, 15) is 14.0 Å². The smallest absolute Gasteiger partial charge is 0.338 e. The van der Waals surface area contributed by atoms with E-state index >= 15 is 0 Å². The van der Waals surface area contributed by atoms with Crippen molar-refractivity contribution in [2.75, 3.05) is 45.2 Å². The van der Waals surface area contributed by atoms with Crippen LogP contribution >= 0.6 is 0 Å². The number of amides is 1. The van der Waals surface area contributed by atoms with Crippen LogP contribution in [0.4, 0.5) is 10.1 Å². The molecule has 0 aliphatic carbocycles. The highest BCUT2D eigenvalue weighted by Gasteiger charge is 2.29. The number of likely N-dealkylation sites (N-methyl/N-ethyl adjacent to an activating group) is 1. The average Bonchev–Trinajstić information content (AvgIpc) is 2.83. The lowest BCUT2D eigenvalue weighted by Gasteiger charge is -2.25. The van der Waals surface area contributed by atoms with Crippen LogP contribution in [0.15, 0.2) is 36.5 Å². The van der Waals surface area contributed by atoms with Crippen molar-refractivity contribution < 1.29 is 18.7 Å². The van der Waals surface area contributed by atoms with Crippen molar-refractivity contribution in [2.24, 2.45) is 0 Å². The van der Waals surface area contributed by atoms with Gasteiger partial charge in [0.25, 0.3) is 0 Å². The van der Waals surface area contributed by atoms with Crippen molar-refractivity contribution in [1.82, 2.24) is 14.8 Å². The average molecular weight is 414 g/mol. The Kier molecular flexibility index (Phi) is 7.12. The summed E-state index contributed by atoms with van der Waals surface area (Å²) in [7, 11) is 3.83. The number of anilines is 1. The van der Waals surface area contributed by atoms with Gasteiger partial charge in [0, 0.05) is 32.4 Å². The molecular formula is C22H27FN4O3. The molecule has 160 valence electrons. The summed E-state index contributed by atoms with van der Waals surface area (Å²) < 4.78 is 19.7. The van der Waals surface area contributed by atoms with Crippen LogP contribution in [0.2, 0.25) is 0 Å². The van der Waals surface area contributed by atoms with Gasteiger partial charge in [0.2, 0.25) is 5.91 Å². The maximum Gasteiger partial charge on any atom is 0.338 e. The third-order valence-corrected chi connectivity index (χ3v) is 4.88. The second-order valence-electron chi connectivity index (χ2n) is 7.50. The van der Waals surface area contributed by atoms with Gasteiger partial charge in [0.1, 0.15) is 5.82 Å². The Bertz CT molecular complexity index is 919. The molecule has 2 aromatic rings. The molecule has 0 fully saturated rings. The molecule has 1 aliphatic rings. The summed E-state index contributed by atoms with van der Waals surface area (Å²) in [6, 6.07) is 8.15. The maximum absolute atomic E-state index is 14.7. The number of nitrogens with zero attached hydrogens (tertiary/aromatic N) is 4. The van der Waals surface area contributed by atoms with Crippen molar-refractivity contribution in [3.05, 3.63) is 59.2 Å². The van der Waals surface area contributed by atoms with Crippen LogP contribution in [-0.2, 0) is 22.6 Å². The normalized spacial score (nSPS) is 14.6. The number of pyridine rings is 1. The third-order valence-electron chi connectivity index (χ3n) is 4.88. The molecule has 1 aromatic carbocycles. The molecule has 1 aromatic heterocycles. The Morgan fingerprint density at radius 3 is 2.80 bits per heavy atom. The first-order valence-electron chi connectivity index (χ1n) is 9.96. The maximum atomic E-state index is 14.7. The summed E-state index contributed by atoms with van der Waals surface area (Å²) in [6.45, 7) is 3.97. The molecule has 2 heterocycles. The molecule has 0 saturated carbocycles. The molecular weight excluding hydrogens is 387 g/mol. The van der Waals surface area contributed by atoms with Crippen LogP contribution in [0.1, 0.15) is 28.5 Å². The number of carbonyl (C=O) groups excluding carboxylic acids is 2. The van der Waals surface area contributed by atoms with Crippen LogP contribution in [0, 0.1) is 5.82 Å². The van der Waals surface area contributed by atoms with Gasteiger partial charge in [-0.05, 0) is 44.8 Å². The van der Waals surface area contributed by atoms with Gasteiger partial charge in [-0.3, -0.25) is 14.7 Å². The highest BCUT2D eigenvalue weighted by atomic mass is 19.1. The fourth-order valence-electron chi connectivity index (χ4n) is 3.47. The lowest BCUT2D eigenvalue weighted by molar-refractivity contribution is -0.119. The predicted octanol–water partition coefficient (Wildman–Crippen LogP) is 2.31. The van der Waals surface area contributed by atoms with Crippen molar-refractivity contribution in [3.63, 3.8) is 0 Å². The molecule has 0 atom stereocenters. The predicted molar refractivity (Wildman–Crippen MR) is 112 cm³/mol. The van der Waals surface area contributed by atoms with Gasteiger partial charge in [0.05, 0.1) is 30.1 Å². The minimum atomic E-state index is -0.407. The van der Waals surface area contributed by atoms with E-state index in [1.54, 1.807) is 31.3 Å². The minimum absolute atomic E-state index is 0.132. The molecule has 7 nitrogen and oxygen atoms in total. The Balaban J connectivity index is 1.85. The van der Waals surface area contributed by atoms with Gasteiger partial charge in [-0.25, -0.2) is 9.18 Å². The Morgan fingerprint density at radius 2 is 2.07 bits per heavy atom. The second-order valence-corrected chi connectivity index (χ2v) is 7.50. The van der Waals surface area contributed by atoms with Crippen molar-refractivity contribution in [2.45, 2.75) is 20.0 Å². The largest absolute Gasteiger partial charge is 0.462 e. The van der Waals surface area contributed by atoms with Crippen LogP contribution in [0.5, 0.6) is 0 Å². The molecule has 1 amide bonds. The van der Waals surface area contributed by atoms with Crippen molar-refractivity contribution in [3.8, 4) is 0 Å². The Labute approximate surface area is 176 Å². The van der Waals surface area contributed by atoms with E-state index in [2.05, 4.69) is 4.98 Å². The Morgan fingerprint density at radius 1 is 1.27 bits per heavy atom. The zero-order valence-corrected chi connectivity index (χ0v) is 17.6. The number of esters is 1. The monoisotopic (exact) mass is 414 g/mol. The summed E-state index contributed by atoms with van der Waals surface area (Å²) in [6.07, 6.45) is 1.55. The molecule has 0 unspecified atom stereocenters. The molecule has 3 rings (SSSR count). The molecule has 30 heavy (non-hydrogen) atoms. The van der Waals surface area contributed by atoms with Gasteiger partial charge in [-0.2, -0.15) is 0 Å². The van der Waals surface area contributed by atoms with Crippen LogP contribution < -0.4 is 4.90 Å². The molecule has 0 N–H and O–H groups in total.